The van der Waals surface area contributed by atoms with Gasteiger partial charge in [-0.05, 0) is 80.8 Å². The number of nitrogens with one attached hydrogen (secondary N) is 2. The van der Waals surface area contributed by atoms with Crippen molar-refractivity contribution in [1.82, 2.24) is 19.8 Å². The first-order chi connectivity index (χ1) is 18.1. The summed E-state index contributed by atoms with van der Waals surface area (Å²) in [6.07, 6.45) is 9.58. The van der Waals surface area contributed by atoms with E-state index in [0.717, 1.165) is 55.8 Å². The third-order valence-electron chi connectivity index (χ3n) is 7.07. The monoisotopic (exact) mass is 498 g/mol. The normalized spacial score (nSPS) is 17.9. The van der Waals surface area contributed by atoms with Crippen molar-refractivity contribution in [2.45, 2.75) is 31.7 Å². The van der Waals surface area contributed by atoms with Gasteiger partial charge in [0.25, 0.3) is 0 Å². The molecule has 37 heavy (non-hydrogen) atoms. The molecule has 1 atom stereocenters. The van der Waals surface area contributed by atoms with Crippen LogP contribution in [0.25, 0.3) is 17.3 Å². The molecule has 2 fully saturated rings. The van der Waals surface area contributed by atoms with Crippen LogP contribution in [0.3, 0.4) is 0 Å². The van der Waals surface area contributed by atoms with E-state index in [0.29, 0.717) is 29.6 Å². The van der Waals surface area contributed by atoms with Gasteiger partial charge in [0.2, 0.25) is 0 Å². The molecular weight excluding hydrogens is 467 g/mol. The fourth-order valence-electron chi connectivity index (χ4n) is 5.13. The number of hydrogen-bond donors (Lipinski definition) is 2. The largest absolute Gasteiger partial charge is 0.491 e. The van der Waals surface area contributed by atoms with E-state index < -0.39 is 0 Å². The summed E-state index contributed by atoms with van der Waals surface area (Å²) in [6.45, 7) is 4.39. The summed E-state index contributed by atoms with van der Waals surface area (Å²) in [5, 5.41) is 18.1. The van der Waals surface area contributed by atoms with E-state index in [1.54, 1.807) is 36.5 Å². The van der Waals surface area contributed by atoms with Crippen molar-refractivity contribution in [1.29, 1.82) is 10.7 Å². The Morgan fingerprint density at radius 3 is 2.86 bits per heavy atom. The first-order valence-electron chi connectivity index (χ1n) is 12.8. The second kappa shape index (κ2) is 11.4. The van der Waals surface area contributed by atoms with Gasteiger partial charge in [0.1, 0.15) is 35.9 Å². The molecule has 0 aliphatic carbocycles. The number of amidine groups is 1. The number of aromatic amines is 1. The van der Waals surface area contributed by atoms with Gasteiger partial charge in [-0.15, -0.1) is 0 Å². The molecule has 0 radical (unpaired) electrons. The molecule has 190 valence electrons. The van der Waals surface area contributed by atoms with E-state index in [2.05, 4.69) is 20.9 Å². The third-order valence-corrected chi connectivity index (χ3v) is 7.07. The van der Waals surface area contributed by atoms with Gasteiger partial charge in [-0.3, -0.25) is 10.3 Å². The third kappa shape index (κ3) is 5.89. The zero-order chi connectivity index (χ0) is 25.6. The molecule has 5 rings (SSSR count). The molecule has 2 aromatic carbocycles. The summed E-state index contributed by atoms with van der Waals surface area (Å²) in [4.78, 5) is 12.1. The molecule has 7 nitrogen and oxygen atoms in total. The Kier molecular flexibility index (Phi) is 7.62. The summed E-state index contributed by atoms with van der Waals surface area (Å²) >= 11 is 0. The van der Waals surface area contributed by atoms with Gasteiger partial charge in [-0.25, -0.2) is 9.37 Å². The first-order valence-corrected chi connectivity index (χ1v) is 12.8. The Morgan fingerprint density at radius 1 is 1.19 bits per heavy atom. The van der Waals surface area contributed by atoms with Crippen molar-refractivity contribution in [3.8, 4) is 23.1 Å². The zero-order valence-corrected chi connectivity index (χ0v) is 20.8. The minimum atomic E-state index is -0.252. The van der Waals surface area contributed by atoms with Crippen LogP contribution in [-0.2, 0) is 0 Å². The number of hydrogen-bond acceptors (Lipinski definition) is 5. The van der Waals surface area contributed by atoms with Gasteiger partial charge >= 0.3 is 0 Å². The lowest BCUT2D eigenvalue weighted by atomic mass is 10.0. The Bertz CT molecular complexity index is 1320. The highest BCUT2D eigenvalue weighted by atomic mass is 19.1. The average Bonchev–Trinajstić information content (AvgIpc) is 3.69. The van der Waals surface area contributed by atoms with Crippen molar-refractivity contribution in [2.75, 3.05) is 32.8 Å². The van der Waals surface area contributed by atoms with Gasteiger partial charge in [0.15, 0.2) is 0 Å². The van der Waals surface area contributed by atoms with Crippen molar-refractivity contribution in [2.24, 2.45) is 0 Å². The van der Waals surface area contributed by atoms with Crippen LogP contribution in [0.5, 0.6) is 5.75 Å². The molecule has 1 aromatic heterocycles. The van der Waals surface area contributed by atoms with Crippen molar-refractivity contribution >= 4 is 11.9 Å². The highest BCUT2D eigenvalue weighted by Gasteiger charge is 2.27. The maximum Gasteiger partial charge on any atom is 0.137 e. The number of halogens is 1. The zero-order valence-electron chi connectivity index (χ0n) is 20.8. The van der Waals surface area contributed by atoms with Crippen LogP contribution in [0, 0.1) is 22.6 Å². The van der Waals surface area contributed by atoms with Crippen LogP contribution >= 0.6 is 0 Å². The Hall–Kier alpha value is -3.96. The second-order valence-electron chi connectivity index (χ2n) is 9.53. The molecule has 2 aliphatic rings. The van der Waals surface area contributed by atoms with Gasteiger partial charge in [0.05, 0.1) is 23.5 Å². The maximum absolute atomic E-state index is 13.7. The van der Waals surface area contributed by atoms with Gasteiger partial charge in [0, 0.05) is 18.7 Å². The van der Waals surface area contributed by atoms with Crippen LogP contribution < -0.4 is 4.74 Å². The summed E-state index contributed by atoms with van der Waals surface area (Å²) in [7, 11) is 0. The van der Waals surface area contributed by atoms with Crippen molar-refractivity contribution in [3.05, 3.63) is 77.5 Å². The highest BCUT2D eigenvalue weighted by Crippen LogP contribution is 2.32. The number of nitrogens with zero attached hydrogens (tertiary/aromatic N) is 4. The molecule has 2 aliphatic heterocycles. The number of H-pyrrole nitrogens is 1. The molecule has 0 saturated carbocycles. The number of imidazole rings is 1. The minimum absolute atomic E-state index is 0.00236. The summed E-state index contributed by atoms with van der Waals surface area (Å²) in [5.41, 5.74) is 3.09. The van der Waals surface area contributed by atoms with Crippen LogP contribution in [-0.4, -0.2) is 58.4 Å². The molecular formula is C29H31FN6O. The minimum Gasteiger partial charge on any atom is -0.491 e. The lowest BCUT2D eigenvalue weighted by Crippen LogP contribution is -2.28. The number of likely N-dealkylation sites (tertiary alicyclic amines) is 2. The molecule has 1 unspecified atom stereocenters. The molecule has 3 heterocycles. The van der Waals surface area contributed by atoms with Crippen LogP contribution in [0.2, 0.25) is 0 Å². The van der Waals surface area contributed by atoms with E-state index in [4.69, 9.17) is 10.1 Å². The Morgan fingerprint density at radius 2 is 2.05 bits per heavy atom. The fourth-order valence-corrected chi connectivity index (χ4v) is 5.13. The van der Waals surface area contributed by atoms with E-state index in [1.807, 2.05) is 23.1 Å². The summed E-state index contributed by atoms with van der Waals surface area (Å²) in [5.74, 6) is 1.32. The predicted molar refractivity (Wildman–Crippen MR) is 142 cm³/mol. The SMILES string of the molecule is N#Cc1ccc(-c2cnc(/C=C\C(=N)N3CCCC3c3cccc(F)c3)[nH]2)cc1OCCN1CCCC1. The van der Waals surface area contributed by atoms with Gasteiger partial charge in [-0.2, -0.15) is 5.26 Å². The van der Waals surface area contributed by atoms with E-state index in [1.165, 1.54) is 18.9 Å². The van der Waals surface area contributed by atoms with Gasteiger partial charge < -0.3 is 14.6 Å². The smallest absolute Gasteiger partial charge is 0.137 e. The number of nitriles is 1. The number of ether oxygens (including phenoxy) is 1. The van der Waals surface area contributed by atoms with Crippen LogP contribution in [0.15, 0.2) is 54.7 Å². The number of rotatable bonds is 8. The Labute approximate surface area is 216 Å². The average molecular weight is 499 g/mol. The lowest BCUT2D eigenvalue weighted by molar-refractivity contribution is 0.237. The quantitative estimate of drug-likeness (QED) is 0.321. The fraction of sp³-hybridized carbons (Fsp3) is 0.345. The first kappa shape index (κ1) is 24.7. The van der Waals surface area contributed by atoms with Crippen molar-refractivity contribution < 1.29 is 9.13 Å². The van der Waals surface area contributed by atoms with E-state index in [-0.39, 0.29) is 11.9 Å². The molecule has 0 bridgehead atoms. The summed E-state index contributed by atoms with van der Waals surface area (Å²) in [6, 6.07) is 14.4. The molecule has 3 aromatic rings. The van der Waals surface area contributed by atoms with Crippen molar-refractivity contribution in [3.63, 3.8) is 0 Å². The number of aromatic nitrogens is 2. The summed E-state index contributed by atoms with van der Waals surface area (Å²) < 4.78 is 19.7. The molecule has 8 heteroatoms. The molecule has 2 N–H and O–H groups in total. The van der Waals surface area contributed by atoms with Gasteiger partial charge in [-0.1, -0.05) is 18.2 Å². The van der Waals surface area contributed by atoms with E-state index in [9.17, 15) is 9.65 Å². The second-order valence-corrected chi connectivity index (χ2v) is 9.53. The predicted octanol–water partition coefficient (Wildman–Crippen LogP) is 5.39. The van der Waals surface area contributed by atoms with Crippen LogP contribution in [0.1, 0.15) is 48.7 Å². The van der Waals surface area contributed by atoms with E-state index >= 15 is 0 Å². The highest BCUT2D eigenvalue weighted by molar-refractivity contribution is 5.94. The Balaban J connectivity index is 1.24. The standard InChI is InChI=1S/C29H31FN6O/c30-24-6-3-5-22(17-24)26-7-4-14-36(26)28(32)10-11-29-33-20-25(34-29)21-8-9-23(19-31)27(18-21)37-16-15-35-12-1-2-13-35/h3,5-6,8-11,17-18,20,26,32H,1-2,4,7,12-16H2,(H,33,34)/b11-10-,32-28?. The molecule has 0 amide bonds. The van der Waals surface area contributed by atoms with Crippen LogP contribution in [0.4, 0.5) is 4.39 Å². The molecule has 0 spiro atoms. The lowest BCUT2D eigenvalue weighted by Gasteiger charge is -2.26. The maximum atomic E-state index is 13.7. The molecule has 2 saturated heterocycles. The topological polar surface area (TPSA) is 92.0 Å². The number of benzene rings is 2.